The Balaban J connectivity index is 2.13. The molecule has 21 heteroatoms. The molecule has 1 aromatic carbocycles. The Labute approximate surface area is 437 Å². The number of carbonyl (C=O) groups is 4. The van der Waals surface area contributed by atoms with Crippen molar-refractivity contribution < 1.29 is 47.3 Å². The molecule has 1 unspecified atom stereocenters. The van der Waals surface area contributed by atoms with Crippen LogP contribution in [0.2, 0.25) is 66.8 Å². The molecule has 1 aromatic heterocycles. The zero-order chi connectivity index (χ0) is 52.8. The topological polar surface area (TPSA) is 187 Å². The second kappa shape index (κ2) is 27.1. The van der Waals surface area contributed by atoms with Crippen LogP contribution < -0.4 is 20.4 Å². The summed E-state index contributed by atoms with van der Waals surface area (Å²) in [6.07, 6.45) is -1.88. The fraction of sp³-hybridized carbons (Fsp3) is 0.714. The molecule has 3 rings (SSSR count). The van der Waals surface area contributed by atoms with Gasteiger partial charge in [-0.15, -0.1) is 0 Å². The Hall–Kier alpha value is -2.57. The van der Waals surface area contributed by atoms with Gasteiger partial charge in [0.1, 0.15) is 0 Å². The number of nitrogens with zero attached hydrogens (tertiary/aromatic N) is 2. The van der Waals surface area contributed by atoms with E-state index in [1.807, 2.05) is 51.1 Å². The average molecular weight is 1130 g/mol. The van der Waals surface area contributed by atoms with Crippen molar-refractivity contribution in [3.8, 4) is 0 Å². The second-order valence-corrected chi connectivity index (χ2v) is 39.6. The maximum atomic E-state index is 15.0. The van der Waals surface area contributed by atoms with Gasteiger partial charge >= 0.3 is 358 Å². The van der Waals surface area contributed by atoms with Crippen LogP contribution in [0.4, 0.5) is 4.79 Å². The minimum atomic E-state index is -2.48. The van der Waals surface area contributed by atoms with Crippen LogP contribution in [0.3, 0.4) is 0 Å². The van der Waals surface area contributed by atoms with Gasteiger partial charge in [-0.05, 0) is 25.1 Å². The van der Waals surface area contributed by atoms with Crippen molar-refractivity contribution in [3.63, 3.8) is 0 Å². The van der Waals surface area contributed by atoms with Crippen molar-refractivity contribution >= 4 is 96.5 Å². The summed E-state index contributed by atoms with van der Waals surface area (Å²) in [7, 11) is -6.29. The fourth-order valence-corrected chi connectivity index (χ4v) is 19.6. The standard InChI is InChI=1S/C49H85N5O10S2SeSi3/c1-17-60-46(58)38-32-66-45(51-38)41(49(13,64-70(21-5,22-6)23-7)35(10)63-69(18-2,19-3)20-4)53-42(56)37(31-55)50-44(65)39(34(9)67-36-27-25-24-26-28-36)52-43(57)40-33(8)62-48(11,12)54(40)47(59)61-29-30-68(14,15)16/h24-28,32-35,37,39-41,55H,17-23,29-31H2,1-16H3,(H,50,65)(H,52,57)(H,53,56)/t33-,34+,35-,37?,39+,40+,41-,49-/m1/s1. The summed E-state index contributed by atoms with van der Waals surface area (Å²) in [5.41, 5.74) is -2.25. The van der Waals surface area contributed by atoms with Crippen molar-refractivity contribution in [2.75, 3.05) is 19.8 Å². The molecular formula is C49H85N5O10S2SeSi3. The number of aliphatic hydroxyl groups is 1. The van der Waals surface area contributed by atoms with E-state index >= 15 is 0 Å². The Morgan fingerprint density at radius 2 is 1.51 bits per heavy atom. The monoisotopic (exact) mass is 1130 g/mol. The molecule has 70 heavy (non-hydrogen) atoms. The van der Waals surface area contributed by atoms with Crippen LogP contribution in [0.5, 0.6) is 0 Å². The van der Waals surface area contributed by atoms with E-state index in [2.05, 4.69) is 77.1 Å². The number of rotatable bonds is 28. The number of esters is 1. The first-order valence-electron chi connectivity index (χ1n) is 25.2. The van der Waals surface area contributed by atoms with E-state index in [0.717, 1.165) is 46.8 Å². The molecule has 0 saturated carbocycles. The minimum absolute atomic E-state index is 0.107. The van der Waals surface area contributed by atoms with Crippen molar-refractivity contribution in [3.05, 3.63) is 46.4 Å². The molecule has 1 aliphatic heterocycles. The van der Waals surface area contributed by atoms with Gasteiger partial charge in [0.25, 0.3) is 0 Å². The summed E-state index contributed by atoms with van der Waals surface area (Å²) in [6, 6.07) is 11.6. The summed E-state index contributed by atoms with van der Waals surface area (Å²) < 4.78 is 33.1. The third-order valence-corrected chi connectivity index (χ3v) is 28.8. The molecule has 396 valence electrons. The Bertz CT molecular complexity index is 2010. The molecule has 2 aromatic rings. The van der Waals surface area contributed by atoms with Gasteiger partial charge < -0.3 is 4.74 Å². The molecule has 15 nitrogen and oxygen atoms in total. The van der Waals surface area contributed by atoms with E-state index in [9.17, 15) is 24.3 Å². The molecule has 0 bridgehead atoms. The van der Waals surface area contributed by atoms with E-state index in [4.69, 9.17) is 40.3 Å². The summed E-state index contributed by atoms with van der Waals surface area (Å²) in [5, 5.41) is 22.7. The summed E-state index contributed by atoms with van der Waals surface area (Å²) in [6.45, 7) is 32.1. The van der Waals surface area contributed by atoms with Gasteiger partial charge in [-0.25, -0.2) is 4.79 Å². The van der Waals surface area contributed by atoms with Crippen molar-refractivity contribution in [2.45, 2.75) is 204 Å². The third-order valence-electron chi connectivity index (χ3n) is 13.9. The number of thiazole rings is 1. The van der Waals surface area contributed by atoms with Crippen molar-refractivity contribution in [2.24, 2.45) is 0 Å². The number of carbonyl (C=O) groups excluding carboxylic acids is 4. The number of ether oxygens (including phenoxy) is 3. The van der Waals surface area contributed by atoms with E-state index in [1.54, 1.807) is 33.1 Å². The van der Waals surface area contributed by atoms with Gasteiger partial charge in [0, 0.05) is 0 Å². The van der Waals surface area contributed by atoms with Crippen molar-refractivity contribution in [1.82, 2.24) is 25.8 Å². The average Bonchev–Trinajstić information content (AvgIpc) is 3.90. The number of hydrogen-bond acceptors (Lipinski definition) is 13. The Kier molecular flexibility index (Phi) is 23.9. The van der Waals surface area contributed by atoms with Gasteiger partial charge in [0.05, 0.1) is 6.61 Å². The van der Waals surface area contributed by atoms with Gasteiger partial charge in [-0.2, -0.15) is 0 Å². The van der Waals surface area contributed by atoms with E-state index in [0.29, 0.717) is 5.01 Å². The molecule has 0 aliphatic carbocycles. The number of hydrogen-bond donors (Lipinski definition) is 4. The molecule has 8 atom stereocenters. The van der Waals surface area contributed by atoms with E-state index in [1.165, 1.54) is 16.2 Å². The zero-order valence-electron chi connectivity index (χ0n) is 44.8. The summed E-state index contributed by atoms with van der Waals surface area (Å²) in [5.74, 6) is -1.69. The first-order valence-corrected chi connectivity index (χ1v) is 37.1. The van der Waals surface area contributed by atoms with Crippen LogP contribution in [0.1, 0.15) is 112 Å². The Morgan fingerprint density at radius 1 is 0.929 bits per heavy atom. The molecule has 1 aliphatic rings. The number of nitrogens with one attached hydrogen (secondary N) is 3. The van der Waals surface area contributed by atoms with Crippen LogP contribution in [-0.4, -0.2) is 145 Å². The molecule has 0 radical (unpaired) electrons. The molecule has 4 N–H and O–H groups in total. The number of aliphatic hydroxyl groups excluding tert-OH is 1. The van der Waals surface area contributed by atoms with Gasteiger partial charge in [-0.1, -0.05) is 41.5 Å². The first-order chi connectivity index (χ1) is 32.8. The maximum absolute atomic E-state index is 15.0. The number of thiocarbonyl (C=S) groups is 1. The van der Waals surface area contributed by atoms with Crippen LogP contribution in [0.15, 0.2) is 35.7 Å². The Morgan fingerprint density at radius 3 is 2.04 bits per heavy atom. The predicted molar refractivity (Wildman–Crippen MR) is 293 cm³/mol. The van der Waals surface area contributed by atoms with E-state index in [-0.39, 0.29) is 43.7 Å². The quantitative estimate of drug-likeness (QED) is 0.0361. The van der Waals surface area contributed by atoms with Gasteiger partial charge in [0.2, 0.25) is 0 Å². The molecule has 2 heterocycles. The summed E-state index contributed by atoms with van der Waals surface area (Å²) >= 11 is 7.11. The van der Waals surface area contributed by atoms with Crippen LogP contribution in [0.25, 0.3) is 0 Å². The number of amides is 3. The third kappa shape index (κ3) is 16.0. The molecular weight excluding hydrogens is 1050 g/mol. The van der Waals surface area contributed by atoms with Crippen LogP contribution in [-0.2, 0) is 32.7 Å². The molecule has 3 amide bonds. The predicted octanol–water partition coefficient (Wildman–Crippen LogP) is 8.57. The number of aromatic nitrogens is 1. The van der Waals surface area contributed by atoms with Gasteiger partial charge in [0.15, 0.2) is 0 Å². The SMILES string of the molecule is CCOC(=O)c1csc([C@@H](NC(=O)C(CO)NC(=S)[C@@H](NC(=O)[C@@H]2[C@@H](C)OC(C)(C)N2C(=O)OCC[Si](C)(C)C)[C@H](C)[Se]c2ccccc2)[C@](C)(O[Si](CC)(CC)CC)[C@@H](C)O[Si](CC)(CC)CC)n1. The number of benzene rings is 1. The fourth-order valence-electron chi connectivity index (χ4n) is 8.88. The normalized spacial score (nSPS) is 19.2. The first kappa shape index (κ1) is 61.7. The molecule has 1 saturated heterocycles. The summed E-state index contributed by atoms with van der Waals surface area (Å²) in [4.78, 5) is 62.5. The van der Waals surface area contributed by atoms with Crippen LogP contribution in [0, 0.1) is 0 Å². The van der Waals surface area contributed by atoms with Crippen molar-refractivity contribution in [1.29, 1.82) is 0 Å². The van der Waals surface area contributed by atoms with E-state index < -0.39 is 103 Å². The zero-order valence-corrected chi connectivity index (χ0v) is 51.2. The van der Waals surface area contributed by atoms with Gasteiger partial charge in [-0.3, -0.25) is 0 Å². The van der Waals surface area contributed by atoms with Crippen LogP contribution >= 0.6 is 23.6 Å². The molecule has 0 spiro atoms. The second-order valence-electron chi connectivity index (χ2n) is 20.1. The molecule has 1 fully saturated rings.